The number of benzene rings is 2. The molecule has 0 spiro atoms. The largest absolute Gasteiger partial charge is 0.466 e. The van der Waals surface area contributed by atoms with Gasteiger partial charge in [-0.1, -0.05) is 46.3 Å². The molecule has 0 saturated carbocycles. The number of carbonyl (C=O) groups is 2. The van der Waals surface area contributed by atoms with Crippen molar-refractivity contribution in [3.05, 3.63) is 75.2 Å². The molecule has 0 bridgehead atoms. The highest BCUT2D eigenvalue weighted by Gasteiger charge is 2.21. The maximum Gasteiger partial charge on any atom is 0.311 e. The first-order valence-corrected chi connectivity index (χ1v) is 10.4. The molecule has 1 N–H and O–H groups in total. The topological polar surface area (TPSA) is 90.3 Å². The number of amides is 1. The normalized spacial score (nSPS) is 11.8. The molecular formula is C22H22BrN3O4. The van der Waals surface area contributed by atoms with E-state index in [2.05, 4.69) is 26.2 Å². The first-order valence-electron chi connectivity index (χ1n) is 9.60. The highest BCUT2D eigenvalue weighted by Crippen LogP contribution is 2.15. The molecule has 7 nitrogen and oxygen atoms in total. The molecule has 0 aliphatic heterocycles. The minimum absolute atomic E-state index is 0.119. The maximum absolute atomic E-state index is 12.6. The number of ether oxygens (including phenoxy) is 1. The van der Waals surface area contributed by atoms with Gasteiger partial charge in [0.25, 0.3) is 5.56 Å². The van der Waals surface area contributed by atoms with Crippen LogP contribution < -0.4 is 10.9 Å². The SMILES string of the molecule is CCOC(=O)C(CNC(=O)Cn1cnc2ccc(Br)cc2c1=O)Cc1ccccc1. The van der Waals surface area contributed by atoms with E-state index in [-0.39, 0.29) is 37.1 Å². The van der Waals surface area contributed by atoms with Crippen molar-refractivity contribution in [1.82, 2.24) is 14.9 Å². The summed E-state index contributed by atoms with van der Waals surface area (Å²) in [7, 11) is 0. The smallest absolute Gasteiger partial charge is 0.311 e. The van der Waals surface area contributed by atoms with Gasteiger partial charge in [0.05, 0.1) is 29.8 Å². The van der Waals surface area contributed by atoms with Gasteiger partial charge >= 0.3 is 5.97 Å². The molecule has 3 aromatic rings. The van der Waals surface area contributed by atoms with Gasteiger partial charge in [0, 0.05) is 11.0 Å². The lowest BCUT2D eigenvalue weighted by molar-refractivity contribution is -0.147. The predicted molar refractivity (Wildman–Crippen MR) is 117 cm³/mol. The molecule has 0 radical (unpaired) electrons. The van der Waals surface area contributed by atoms with Gasteiger partial charge < -0.3 is 10.1 Å². The molecule has 0 aliphatic carbocycles. The summed E-state index contributed by atoms with van der Waals surface area (Å²) in [6, 6.07) is 14.8. The van der Waals surface area contributed by atoms with Crippen LogP contribution in [0.25, 0.3) is 10.9 Å². The van der Waals surface area contributed by atoms with E-state index < -0.39 is 5.92 Å². The van der Waals surface area contributed by atoms with Crippen LogP contribution in [-0.4, -0.2) is 34.6 Å². The second-order valence-electron chi connectivity index (χ2n) is 6.78. The molecular weight excluding hydrogens is 450 g/mol. The van der Waals surface area contributed by atoms with Crippen molar-refractivity contribution in [3.63, 3.8) is 0 Å². The van der Waals surface area contributed by atoms with E-state index in [0.717, 1.165) is 10.0 Å². The van der Waals surface area contributed by atoms with Crippen LogP contribution >= 0.6 is 15.9 Å². The highest BCUT2D eigenvalue weighted by atomic mass is 79.9. The summed E-state index contributed by atoms with van der Waals surface area (Å²) in [5.74, 6) is -1.26. The molecule has 156 valence electrons. The van der Waals surface area contributed by atoms with Gasteiger partial charge in [-0.25, -0.2) is 4.98 Å². The Balaban J connectivity index is 1.68. The van der Waals surface area contributed by atoms with Crippen LogP contribution in [0.1, 0.15) is 12.5 Å². The first kappa shape index (κ1) is 21.7. The van der Waals surface area contributed by atoms with Crippen LogP contribution in [0.4, 0.5) is 0 Å². The second-order valence-corrected chi connectivity index (χ2v) is 7.70. The first-order chi connectivity index (χ1) is 14.5. The van der Waals surface area contributed by atoms with Crippen molar-refractivity contribution in [1.29, 1.82) is 0 Å². The van der Waals surface area contributed by atoms with Gasteiger partial charge in [-0.05, 0) is 37.1 Å². The molecule has 1 amide bonds. The molecule has 0 fully saturated rings. The fraction of sp³-hybridized carbons (Fsp3) is 0.273. The summed E-state index contributed by atoms with van der Waals surface area (Å²) in [5.41, 5.74) is 1.23. The van der Waals surface area contributed by atoms with Crippen molar-refractivity contribution < 1.29 is 14.3 Å². The van der Waals surface area contributed by atoms with E-state index in [1.807, 2.05) is 30.3 Å². The second kappa shape index (κ2) is 10.2. The third kappa shape index (κ3) is 5.54. The summed E-state index contributed by atoms with van der Waals surface area (Å²) in [5, 5.41) is 3.17. The van der Waals surface area contributed by atoms with Gasteiger partial charge in [-0.3, -0.25) is 19.0 Å². The number of rotatable bonds is 8. The van der Waals surface area contributed by atoms with Crippen LogP contribution in [0, 0.1) is 5.92 Å². The zero-order valence-corrected chi connectivity index (χ0v) is 18.1. The van der Waals surface area contributed by atoms with Gasteiger partial charge in [-0.15, -0.1) is 0 Å². The fourth-order valence-corrected chi connectivity index (χ4v) is 3.45. The van der Waals surface area contributed by atoms with Gasteiger partial charge in [0.2, 0.25) is 5.91 Å². The predicted octanol–water partition coefficient (Wildman–Crippen LogP) is 2.70. The Morgan fingerprint density at radius 1 is 1.20 bits per heavy atom. The monoisotopic (exact) mass is 471 g/mol. The summed E-state index contributed by atoms with van der Waals surface area (Å²) < 4.78 is 7.15. The number of fused-ring (bicyclic) bond motifs is 1. The summed E-state index contributed by atoms with van der Waals surface area (Å²) in [6.07, 6.45) is 1.80. The molecule has 1 unspecified atom stereocenters. The Bertz CT molecular complexity index is 1100. The Kier molecular flexibility index (Phi) is 7.35. The van der Waals surface area contributed by atoms with Crippen LogP contribution in [0.15, 0.2) is 64.1 Å². The van der Waals surface area contributed by atoms with Gasteiger partial charge in [0.1, 0.15) is 6.54 Å². The number of esters is 1. The molecule has 3 rings (SSSR count). The molecule has 0 aliphatic rings. The summed E-state index contributed by atoms with van der Waals surface area (Å²) >= 11 is 3.34. The molecule has 1 atom stereocenters. The van der Waals surface area contributed by atoms with E-state index in [1.165, 1.54) is 10.9 Å². The van der Waals surface area contributed by atoms with Crippen LogP contribution in [0.2, 0.25) is 0 Å². The van der Waals surface area contributed by atoms with E-state index in [0.29, 0.717) is 17.3 Å². The van der Waals surface area contributed by atoms with Gasteiger partial charge in [0.15, 0.2) is 0 Å². The maximum atomic E-state index is 12.6. The fourth-order valence-electron chi connectivity index (χ4n) is 3.09. The molecule has 8 heteroatoms. The standard InChI is InChI=1S/C22H22BrN3O4/c1-2-30-22(29)16(10-15-6-4-3-5-7-15)12-24-20(27)13-26-14-25-19-9-8-17(23)11-18(19)21(26)28/h3-9,11,14,16H,2,10,12-13H2,1H3,(H,24,27). The quantitative estimate of drug-likeness (QED) is 0.510. The number of halogens is 1. The Morgan fingerprint density at radius 3 is 2.70 bits per heavy atom. The minimum Gasteiger partial charge on any atom is -0.466 e. The molecule has 1 heterocycles. The number of nitrogens with one attached hydrogen (secondary N) is 1. The highest BCUT2D eigenvalue weighted by molar-refractivity contribution is 9.10. The molecule has 30 heavy (non-hydrogen) atoms. The average Bonchev–Trinajstić information content (AvgIpc) is 2.74. The molecule has 0 saturated heterocycles. The lowest BCUT2D eigenvalue weighted by atomic mass is 9.99. The number of hydrogen-bond donors (Lipinski definition) is 1. The lowest BCUT2D eigenvalue weighted by Crippen LogP contribution is -2.38. The third-order valence-electron chi connectivity index (χ3n) is 4.59. The van der Waals surface area contributed by atoms with Crippen molar-refractivity contribution >= 4 is 38.7 Å². The Labute approximate surface area is 182 Å². The van der Waals surface area contributed by atoms with Crippen molar-refractivity contribution in [2.75, 3.05) is 13.2 Å². The Morgan fingerprint density at radius 2 is 1.97 bits per heavy atom. The van der Waals surface area contributed by atoms with E-state index >= 15 is 0 Å². The van der Waals surface area contributed by atoms with Crippen molar-refractivity contribution in [3.8, 4) is 0 Å². The number of hydrogen-bond acceptors (Lipinski definition) is 5. The number of aromatic nitrogens is 2. The summed E-state index contributed by atoms with van der Waals surface area (Å²) in [4.78, 5) is 41.6. The number of carbonyl (C=O) groups excluding carboxylic acids is 2. The zero-order chi connectivity index (χ0) is 21.5. The van der Waals surface area contributed by atoms with E-state index in [4.69, 9.17) is 4.74 Å². The lowest BCUT2D eigenvalue weighted by Gasteiger charge is -2.17. The Hall–Kier alpha value is -3.00. The van der Waals surface area contributed by atoms with Crippen LogP contribution in [0.5, 0.6) is 0 Å². The molecule has 2 aromatic carbocycles. The van der Waals surface area contributed by atoms with E-state index in [9.17, 15) is 14.4 Å². The number of nitrogens with zero attached hydrogens (tertiary/aromatic N) is 2. The molecule has 1 aromatic heterocycles. The zero-order valence-electron chi connectivity index (χ0n) is 16.5. The minimum atomic E-state index is -0.515. The van der Waals surface area contributed by atoms with Crippen molar-refractivity contribution in [2.45, 2.75) is 19.9 Å². The van der Waals surface area contributed by atoms with Crippen LogP contribution in [0.3, 0.4) is 0 Å². The average molecular weight is 472 g/mol. The third-order valence-corrected chi connectivity index (χ3v) is 5.08. The van der Waals surface area contributed by atoms with Crippen LogP contribution in [-0.2, 0) is 27.3 Å². The summed E-state index contributed by atoms with van der Waals surface area (Å²) in [6.45, 7) is 1.95. The van der Waals surface area contributed by atoms with E-state index in [1.54, 1.807) is 25.1 Å². The van der Waals surface area contributed by atoms with Crippen molar-refractivity contribution in [2.24, 2.45) is 5.92 Å². The van der Waals surface area contributed by atoms with Gasteiger partial charge in [-0.2, -0.15) is 0 Å².